The Morgan fingerprint density at radius 1 is 0.868 bits per heavy atom. The van der Waals surface area contributed by atoms with Gasteiger partial charge in [-0.2, -0.15) is 4.98 Å². The highest BCUT2D eigenvalue weighted by Gasteiger charge is 2.23. The van der Waals surface area contributed by atoms with Gasteiger partial charge in [0.15, 0.2) is 0 Å². The van der Waals surface area contributed by atoms with Gasteiger partial charge in [-0.05, 0) is 73.6 Å². The molecule has 0 spiro atoms. The topological polar surface area (TPSA) is 79.4 Å². The van der Waals surface area contributed by atoms with Crippen LogP contribution >= 0.6 is 0 Å². The van der Waals surface area contributed by atoms with Crippen molar-refractivity contribution in [2.45, 2.75) is 38.1 Å². The number of ether oxygens (including phenoxy) is 1. The second-order valence-corrected chi connectivity index (χ2v) is 10.2. The Labute approximate surface area is 224 Å². The van der Waals surface area contributed by atoms with E-state index in [0.29, 0.717) is 24.3 Å². The van der Waals surface area contributed by atoms with Crippen LogP contribution in [-0.2, 0) is 11.2 Å². The van der Waals surface area contributed by atoms with E-state index in [2.05, 4.69) is 16.7 Å². The molecule has 1 aliphatic carbocycles. The van der Waals surface area contributed by atoms with Crippen LogP contribution in [0.2, 0.25) is 0 Å². The smallest absolute Gasteiger partial charge is 0.225 e. The van der Waals surface area contributed by atoms with Crippen LogP contribution in [0.25, 0.3) is 10.9 Å². The van der Waals surface area contributed by atoms with E-state index in [-0.39, 0.29) is 5.91 Å². The molecular weight excluding hydrogens is 474 g/mol. The number of hydrogen-bond donors (Lipinski definition) is 2. The first-order chi connectivity index (χ1) is 18.5. The van der Waals surface area contributed by atoms with E-state index in [9.17, 15) is 4.79 Å². The van der Waals surface area contributed by atoms with Gasteiger partial charge in [-0.1, -0.05) is 42.5 Å². The van der Waals surface area contributed by atoms with E-state index in [4.69, 9.17) is 14.7 Å². The normalized spacial score (nSPS) is 17.1. The predicted octanol–water partition coefficient (Wildman–Crippen LogP) is 5.82. The van der Waals surface area contributed by atoms with Crippen LogP contribution in [0, 0.1) is 5.92 Å². The zero-order chi connectivity index (χ0) is 26.3. The van der Waals surface area contributed by atoms with Gasteiger partial charge in [0.1, 0.15) is 17.3 Å². The number of hydrogen-bond acceptors (Lipinski definition) is 6. The van der Waals surface area contributed by atoms with Crippen molar-refractivity contribution in [1.29, 1.82) is 0 Å². The number of carbonyl (C=O) groups excluding carboxylic acids is 1. The molecule has 5 rings (SSSR count). The summed E-state index contributed by atoms with van der Waals surface area (Å²) in [6.07, 6.45) is 4.58. The molecule has 1 saturated carbocycles. The molecule has 196 valence electrons. The van der Waals surface area contributed by atoms with Gasteiger partial charge in [0.25, 0.3) is 0 Å². The molecule has 0 radical (unpaired) electrons. The van der Waals surface area contributed by atoms with E-state index in [1.807, 2.05) is 91.8 Å². The third-order valence-corrected chi connectivity index (χ3v) is 7.04. The molecule has 0 atom stereocenters. The first-order valence-corrected chi connectivity index (χ1v) is 13.3. The highest BCUT2D eigenvalue weighted by atomic mass is 16.5. The Hall–Kier alpha value is -4.13. The van der Waals surface area contributed by atoms with Gasteiger partial charge in [-0.3, -0.25) is 4.79 Å². The number of benzene rings is 3. The molecule has 7 heteroatoms. The fourth-order valence-corrected chi connectivity index (χ4v) is 4.96. The molecule has 0 aliphatic heterocycles. The summed E-state index contributed by atoms with van der Waals surface area (Å²) < 4.78 is 5.83. The summed E-state index contributed by atoms with van der Waals surface area (Å²) in [7, 11) is 4.01. The van der Waals surface area contributed by atoms with Gasteiger partial charge in [-0.25, -0.2) is 4.98 Å². The largest absolute Gasteiger partial charge is 0.457 e. The van der Waals surface area contributed by atoms with Crippen LogP contribution in [0.1, 0.15) is 31.2 Å². The lowest BCUT2D eigenvalue weighted by Crippen LogP contribution is -2.34. The van der Waals surface area contributed by atoms with E-state index >= 15 is 0 Å². The molecule has 7 nitrogen and oxygen atoms in total. The van der Waals surface area contributed by atoms with Crippen molar-refractivity contribution in [3.8, 4) is 11.5 Å². The van der Waals surface area contributed by atoms with Crippen molar-refractivity contribution in [3.63, 3.8) is 0 Å². The van der Waals surface area contributed by atoms with Crippen LogP contribution < -0.4 is 20.3 Å². The number of para-hydroxylation sites is 2. The summed E-state index contributed by atoms with van der Waals surface area (Å²) in [6, 6.07) is 25.8. The highest BCUT2D eigenvalue weighted by molar-refractivity contribution is 5.90. The molecule has 1 heterocycles. The van der Waals surface area contributed by atoms with E-state index < -0.39 is 0 Å². The minimum Gasteiger partial charge on any atom is -0.457 e. The average Bonchev–Trinajstić information content (AvgIpc) is 2.94. The summed E-state index contributed by atoms with van der Waals surface area (Å²) in [4.78, 5) is 24.1. The quantitative estimate of drug-likeness (QED) is 0.296. The first-order valence-electron chi connectivity index (χ1n) is 13.3. The standard InChI is InChI=1S/C31H35N5O2/c1-36(2)30-27-10-6-7-11-28(27)34-31(35-30)33-24-16-12-23(13-17-24)21-32-29(37)20-22-14-18-26(19-15-22)38-25-8-4-3-5-9-25/h3-11,14-15,18-19,23-24H,12-13,16-17,20-21H2,1-2H3,(H,32,37)(H,33,34,35). The maximum Gasteiger partial charge on any atom is 0.225 e. The highest BCUT2D eigenvalue weighted by Crippen LogP contribution is 2.28. The molecule has 0 unspecified atom stereocenters. The van der Waals surface area contributed by atoms with Crippen LogP contribution in [0.5, 0.6) is 11.5 Å². The Balaban J connectivity index is 1.06. The van der Waals surface area contributed by atoms with Gasteiger partial charge in [-0.15, -0.1) is 0 Å². The molecule has 1 amide bonds. The molecule has 2 N–H and O–H groups in total. The average molecular weight is 510 g/mol. The lowest BCUT2D eigenvalue weighted by atomic mass is 9.86. The molecule has 4 aromatic rings. The fourth-order valence-electron chi connectivity index (χ4n) is 4.96. The monoisotopic (exact) mass is 509 g/mol. The summed E-state index contributed by atoms with van der Waals surface area (Å²) >= 11 is 0. The Morgan fingerprint density at radius 2 is 1.55 bits per heavy atom. The summed E-state index contributed by atoms with van der Waals surface area (Å²) in [5.41, 5.74) is 1.92. The molecule has 1 aliphatic rings. The van der Waals surface area contributed by atoms with Crippen molar-refractivity contribution in [2.75, 3.05) is 30.9 Å². The van der Waals surface area contributed by atoms with Crippen molar-refractivity contribution < 1.29 is 9.53 Å². The van der Waals surface area contributed by atoms with Crippen LogP contribution in [0.3, 0.4) is 0 Å². The molecule has 38 heavy (non-hydrogen) atoms. The first kappa shape index (κ1) is 25.5. The minimum atomic E-state index is 0.0581. The van der Waals surface area contributed by atoms with E-state index in [1.165, 1.54) is 0 Å². The number of anilines is 2. The van der Waals surface area contributed by atoms with Gasteiger partial charge in [0, 0.05) is 32.1 Å². The summed E-state index contributed by atoms with van der Waals surface area (Å²) in [5.74, 6) is 3.72. The van der Waals surface area contributed by atoms with Crippen LogP contribution in [0.4, 0.5) is 11.8 Å². The lowest BCUT2D eigenvalue weighted by Gasteiger charge is -2.29. The van der Waals surface area contributed by atoms with E-state index in [1.54, 1.807) is 0 Å². The number of amides is 1. The molecule has 0 saturated heterocycles. The lowest BCUT2D eigenvalue weighted by molar-refractivity contribution is -0.120. The molecule has 3 aromatic carbocycles. The Kier molecular flexibility index (Phi) is 8.02. The number of rotatable bonds is 9. The zero-order valence-corrected chi connectivity index (χ0v) is 22.1. The van der Waals surface area contributed by atoms with Crippen molar-refractivity contribution in [1.82, 2.24) is 15.3 Å². The number of nitrogens with zero attached hydrogens (tertiary/aromatic N) is 3. The third-order valence-electron chi connectivity index (χ3n) is 7.04. The molecule has 0 bridgehead atoms. The number of aromatic nitrogens is 2. The van der Waals surface area contributed by atoms with Crippen molar-refractivity contribution in [3.05, 3.63) is 84.4 Å². The minimum absolute atomic E-state index is 0.0581. The maximum absolute atomic E-state index is 12.6. The predicted molar refractivity (Wildman–Crippen MR) is 153 cm³/mol. The van der Waals surface area contributed by atoms with Crippen molar-refractivity contribution in [2.24, 2.45) is 5.92 Å². The molecule has 1 fully saturated rings. The second-order valence-electron chi connectivity index (χ2n) is 10.2. The summed E-state index contributed by atoms with van der Waals surface area (Å²) in [5, 5.41) is 7.75. The van der Waals surface area contributed by atoms with Crippen molar-refractivity contribution >= 4 is 28.6 Å². The van der Waals surface area contributed by atoms with Gasteiger partial charge in [0.2, 0.25) is 11.9 Å². The number of nitrogens with one attached hydrogen (secondary N) is 2. The van der Waals surface area contributed by atoms with Crippen LogP contribution in [-0.4, -0.2) is 42.6 Å². The van der Waals surface area contributed by atoms with Gasteiger partial charge < -0.3 is 20.3 Å². The maximum atomic E-state index is 12.6. The fraction of sp³-hybridized carbons (Fsp3) is 0.323. The van der Waals surface area contributed by atoms with Gasteiger partial charge in [0.05, 0.1) is 11.9 Å². The van der Waals surface area contributed by atoms with Crippen LogP contribution in [0.15, 0.2) is 78.9 Å². The molecule has 1 aromatic heterocycles. The zero-order valence-electron chi connectivity index (χ0n) is 22.1. The van der Waals surface area contributed by atoms with Gasteiger partial charge >= 0.3 is 0 Å². The summed E-state index contributed by atoms with van der Waals surface area (Å²) in [6.45, 7) is 0.720. The third kappa shape index (κ3) is 6.59. The Bertz CT molecular complexity index is 1350. The second kappa shape index (κ2) is 11.9. The SMILES string of the molecule is CN(C)c1nc(NC2CCC(CNC(=O)Cc3ccc(Oc4ccccc4)cc3)CC2)nc2ccccc12. The number of carbonyl (C=O) groups is 1. The van der Waals surface area contributed by atoms with E-state index in [0.717, 1.165) is 66.0 Å². The number of fused-ring (bicyclic) bond motifs is 1. The molecular formula is C31H35N5O2. The Morgan fingerprint density at radius 3 is 2.29 bits per heavy atom.